The fourth-order valence-corrected chi connectivity index (χ4v) is 4.41. The molecule has 0 spiro atoms. The first-order valence-electron chi connectivity index (χ1n) is 10.6. The molecular formula is C23H25N5O3S. The zero-order valence-corrected chi connectivity index (χ0v) is 18.6. The molecule has 0 aliphatic heterocycles. The molecule has 8 nitrogen and oxygen atoms in total. The maximum atomic E-state index is 13.6. The molecule has 0 bridgehead atoms. The van der Waals surface area contributed by atoms with Crippen LogP contribution >= 0.6 is 11.7 Å². The van der Waals surface area contributed by atoms with E-state index in [0.29, 0.717) is 17.0 Å². The first kappa shape index (κ1) is 21.9. The second-order valence-corrected chi connectivity index (χ2v) is 8.25. The Morgan fingerprint density at radius 3 is 2.44 bits per heavy atom. The smallest absolute Gasteiger partial charge is 0.280 e. The third kappa shape index (κ3) is 4.94. The van der Waals surface area contributed by atoms with Crippen LogP contribution in [0.4, 0.5) is 5.69 Å². The molecule has 32 heavy (non-hydrogen) atoms. The Hall–Kier alpha value is -3.33. The number of pyridine rings is 1. The average Bonchev–Trinajstić information content (AvgIpc) is 3.38. The van der Waals surface area contributed by atoms with Crippen molar-refractivity contribution in [2.24, 2.45) is 0 Å². The van der Waals surface area contributed by atoms with Crippen molar-refractivity contribution < 1.29 is 14.3 Å². The molecule has 166 valence electrons. The predicted molar refractivity (Wildman–Crippen MR) is 122 cm³/mol. The summed E-state index contributed by atoms with van der Waals surface area (Å²) in [5.41, 5.74) is 1.42. The molecule has 2 heterocycles. The number of hydrogen-bond donors (Lipinski definition) is 1. The summed E-state index contributed by atoms with van der Waals surface area (Å²) in [4.78, 5) is 32.8. The van der Waals surface area contributed by atoms with E-state index in [9.17, 15) is 9.59 Å². The van der Waals surface area contributed by atoms with Crippen LogP contribution in [0, 0.1) is 0 Å². The Morgan fingerprint density at radius 2 is 1.81 bits per heavy atom. The maximum absolute atomic E-state index is 13.6. The van der Waals surface area contributed by atoms with Crippen molar-refractivity contribution in [2.75, 3.05) is 12.0 Å². The molecule has 0 saturated heterocycles. The molecule has 4 rings (SSSR count). The van der Waals surface area contributed by atoms with E-state index in [-0.39, 0.29) is 17.6 Å². The van der Waals surface area contributed by atoms with Crippen LogP contribution in [-0.2, 0) is 4.79 Å². The number of carbonyl (C=O) groups excluding carboxylic acids is 2. The average molecular weight is 452 g/mol. The number of aromatic nitrogens is 3. The van der Waals surface area contributed by atoms with Gasteiger partial charge < -0.3 is 10.1 Å². The molecule has 0 unspecified atom stereocenters. The van der Waals surface area contributed by atoms with Gasteiger partial charge in [0.05, 0.1) is 25.0 Å². The highest BCUT2D eigenvalue weighted by Crippen LogP contribution is 2.31. The number of benzene rings is 1. The van der Waals surface area contributed by atoms with Gasteiger partial charge >= 0.3 is 0 Å². The first-order chi connectivity index (χ1) is 15.7. The predicted octanol–water partition coefficient (Wildman–Crippen LogP) is 3.78. The molecule has 1 fully saturated rings. The van der Waals surface area contributed by atoms with Gasteiger partial charge in [-0.15, -0.1) is 0 Å². The molecule has 1 saturated carbocycles. The van der Waals surface area contributed by atoms with Crippen molar-refractivity contribution in [3.8, 4) is 5.75 Å². The van der Waals surface area contributed by atoms with Crippen molar-refractivity contribution >= 4 is 29.2 Å². The molecule has 1 aliphatic carbocycles. The van der Waals surface area contributed by atoms with Crippen molar-refractivity contribution in [3.63, 3.8) is 0 Å². The van der Waals surface area contributed by atoms with Crippen molar-refractivity contribution in [3.05, 3.63) is 66.2 Å². The monoisotopic (exact) mass is 451 g/mol. The van der Waals surface area contributed by atoms with Crippen LogP contribution in [0.5, 0.6) is 5.75 Å². The lowest BCUT2D eigenvalue weighted by Crippen LogP contribution is -2.47. The van der Waals surface area contributed by atoms with Gasteiger partial charge in [-0.05, 0) is 54.8 Å². The van der Waals surface area contributed by atoms with Crippen LogP contribution in [0.3, 0.4) is 0 Å². The van der Waals surface area contributed by atoms with E-state index >= 15 is 0 Å². The number of ether oxygens (including phenoxy) is 1. The summed E-state index contributed by atoms with van der Waals surface area (Å²) in [6, 6.07) is 9.78. The van der Waals surface area contributed by atoms with Crippen molar-refractivity contribution in [1.82, 2.24) is 19.0 Å². The zero-order chi connectivity index (χ0) is 22.3. The quantitative estimate of drug-likeness (QED) is 0.587. The van der Waals surface area contributed by atoms with Crippen LogP contribution in [0.15, 0.2) is 55.0 Å². The van der Waals surface area contributed by atoms with Gasteiger partial charge in [0.2, 0.25) is 5.91 Å². The first-order valence-corrected chi connectivity index (χ1v) is 11.4. The standard InChI is InChI=1S/C23H25N5O3S/c1-31-19-9-7-18(8-10-19)28(23(30)20-15-25-32-27-20)21(16-11-13-24-14-12-16)22(29)26-17-5-3-2-4-6-17/h7-15,17,21H,2-6H2,1H3,(H,26,29)/t21-/m1/s1. The number of methoxy groups -OCH3 is 1. The fourth-order valence-electron chi connectivity index (χ4n) is 4.00. The highest BCUT2D eigenvalue weighted by Gasteiger charge is 2.35. The normalized spacial score (nSPS) is 15.0. The van der Waals surface area contributed by atoms with Gasteiger partial charge in [0.1, 0.15) is 11.8 Å². The highest BCUT2D eigenvalue weighted by atomic mass is 32.1. The third-order valence-electron chi connectivity index (χ3n) is 5.63. The number of nitrogens with zero attached hydrogens (tertiary/aromatic N) is 4. The lowest BCUT2D eigenvalue weighted by Gasteiger charge is -2.33. The topological polar surface area (TPSA) is 97.3 Å². The maximum Gasteiger partial charge on any atom is 0.280 e. The lowest BCUT2D eigenvalue weighted by molar-refractivity contribution is -0.123. The molecule has 3 aromatic rings. The SMILES string of the molecule is COc1ccc(N(C(=O)c2cnsn2)[C@@H](C(=O)NC2CCCCC2)c2ccncc2)cc1. The molecule has 1 aromatic carbocycles. The summed E-state index contributed by atoms with van der Waals surface area (Å²) in [6.07, 6.45) is 9.93. The van der Waals surface area contributed by atoms with Crippen LogP contribution in [0.1, 0.15) is 54.2 Å². The van der Waals surface area contributed by atoms with E-state index in [1.807, 2.05) is 0 Å². The van der Waals surface area contributed by atoms with Gasteiger partial charge in [-0.25, -0.2) is 0 Å². The number of nitrogens with one attached hydrogen (secondary N) is 1. The lowest BCUT2D eigenvalue weighted by atomic mass is 9.94. The van der Waals surface area contributed by atoms with Crippen LogP contribution < -0.4 is 15.0 Å². The molecular weight excluding hydrogens is 426 g/mol. The molecule has 2 aromatic heterocycles. The van der Waals surface area contributed by atoms with Gasteiger partial charge in [0, 0.05) is 24.1 Å². The van der Waals surface area contributed by atoms with Gasteiger partial charge in [-0.1, -0.05) is 19.3 Å². The Labute approximate surface area is 191 Å². The summed E-state index contributed by atoms with van der Waals surface area (Å²) in [6.45, 7) is 0. The van der Waals surface area contributed by atoms with Crippen molar-refractivity contribution in [1.29, 1.82) is 0 Å². The number of hydrogen-bond acceptors (Lipinski definition) is 7. The van der Waals surface area contributed by atoms with Crippen LogP contribution in [0.2, 0.25) is 0 Å². The zero-order valence-electron chi connectivity index (χ0n) is 17.8. The Kier molecular flexibility index (Phi) is 7.06. The van der Waals surface area contributed by atoms with Gasteiger partial charge in [0.25, 0.3) is 5.91 Å². The van der Waals surface area contributed by atoms with Gasteiger partial charge in [-0.2, -0.15) is 8.75 Å². The van der Waals surface area contributed by atoms with E-state index in [2.05, 4.69) is 19.0 Å². The van der Waals surface area contributed by atoms with Gasteiger partial charge in [0.15, 0.2) is 5.69 Å². The minimum Gasteiger partial charge on any atom is -0.497 e. The second kappa shape index (κ2) is 10.3. The molecule has 1 N–H and O–H groups in total. The van der Waals surface area contributed by atoms with E-state index in [0.717, 1.165) is 37.4 Å². The summed E-state index contributed by atoms with van der Waals surface area (Å²) in [5.74, 6) is 0.0311. The largest absolute Gasteiger partial charge is 0.497 e. The molecule has 1 aliphatic rings. The van der Waals surface area contributed by atoms with Crippen molar-refractivity contribution in [2.45, 2.75) is 44.2 Å². The number of rotatable bonds is 7. The van der Waals surface area contributed by atoms with Crippen LogP contribution in [0.25, 0.3) is 0 Å². The fraction of sp³-hybridized carbons (Fsp3) is 0.348. The summed E-state index contributed by atoms with van der Waals surface area (Å²) < 4.78 is 13.4. The highest BCUT2D eigenvalue weighted by molar-refractivity contribution is 6.99. The molecule has 9 heteroatoms. The Morgan fingerprint density at radius 1 is 1.09 bits per heavy atom. The van der Waals surface area contributed by atoms with E-state index in [1.54, 1.807) is 55.9 Å². The summed E-state index contributed by atoms with van der Waals surface area (Å²) in [5, 5.41) is 3.18. The third-order valence-corrected chi connectivity index (χ3v) is 6.11. The van der Waals surface area contributed by atoms with E-state index < -0.39 is 11.9 Å². The molecule has 0 radical (unpaired) electrons. The second-order valence-electron chi connectivity index (χ2n) is 7.69. The summed E-state index contributed by atoms with van der Waals surface area (Å²) in [7, 11) is 1.58. The Balaban J connectivity index is 1.76. The van der Waals surface area contributed by atoms with Gasteiger partial charge in [-0.3, -0.25) is 19.5 Å². The Bertz CT molecular complexity index is 1020. The minimum absolute atomic E-state index is 0.106. The summed E-state index contributed by atoms with van der Waals surface area (Å²) >= 11 is 0.953. The molecule has 2 amide bonds. The molecule has 1 atom stereocenters. The van der Waals surface area contributed by atoms with E-state index in [4.69, 9.17) is 4.74 Å². The number of amides is 2. The van der Waals surface area contributed by atoms with E-state index in [1.165, 1.54) is 17.5 Å². The minimum atomic E-state index is -0.887. The van der Waals surface area contributed by atoms with Crippen LogP contribution in [-0.4, -0.2) is 38.7 Å². The number of anilines is 1. The number of carbonyl (C=O) groups is 2.